The first-order valence-electron chi connectivity index (χ1n) is 10.4. The molecule has 4 nitrogen and oxygen atoms in total. The first-order valence-corrected chi connectivity index (χ1v) is 10.4. The summed E-state index contributed by atoms with van der Waals surface area (Å²) in [6.07, 6.45) is 5.59. The lowest BCUT2D eigenvalue weighted by atomic mass is 9.63. The van der Waals surface area contributed by atoms with Crippen molar-refractivity contribution in [3.8, 4) is 11.5 Å². The summed E-state index contributed by atoms with van der Waals surface area (Å²) in [6.45, 7) is 4.08. The van der Waals surface area contributed by atoms with Crippen LogP contribution in [-0.4, -0.2) is 11.8 Å². The van der Waals surface area contributed by atoms with Gasteiger partial charge in [-0.05, 0) is 91.5 Å². The molecule has 4 aliphatic carbocycles. The van der Waals surface area contributed by atoms with Gasteiger partial charge in [0.2, 0.25) is 11.8 Å². The Morgan fingerprint density at radius 3 is 1.90 bits per heavy atom. The fourth-order valence-corrected chi connectivity index (χ4v) is 6.00. The van der Waals surface area contributed by atoms with Gasteiger partial charge in [0.15, 0.2) is 0 Å². The van der Waals surface area contributed by atoms with Gasteiger partial charge in [-0.1, -0.05) is 18.2 Å². The molecule has 2 aromatic carbocycles. The van der Waals surface area contributed by atoms with E-state index in [2.05, 4.69) is 18.2 Å². The molecule has 6 atom stereocenters. The summed E-state index contributed by atoms with van der Waals surface area (Å²) in [6, 6.07) is 13.4. The van der Waals surface area contributed by atoms with Crippen molar-refractivity contribution in [3.05, 3.63) is 65.7 Å². The monoisotopic (exact) mass is 385 g/mol. The first-order chi connectivity index (χ1) is 14.0. The highest BCUT2D eigenvalue weighted by Crippen LogP contribution is 2.65. The quantitative estimate of drug-likeness (QED) is 0.571. The average Bonchev–Trinajstić information content (AvgIpc) is 3.46. The van der Waals surface area contributed by atoms with Crippen LogP contribution < -0.4 is 9.64 Å². The highest BCUT2D eigenvalue weighted by Gasteiger charge is 2.67. The molecule has 5 aliphatic rings. The summed E-state index contributed by atoms with van der Waals surface area (Å²) >= 11 is 0. The van der Waals surface area contributed by atoms with Crippen LogP contribution in [0, 0.1) is 49.4 Å². The highest BCUT2D eigenvalue weighted by atomic mass is 16.5. The van der Waals surface area contributed by atoms with Crippen molar-refractivity contribution in [2.24, 2.45) is 35.5 Å². The van der Waals surface area contributed by atoms with Crippen LogP contribution in [0.5, 0.6) is 11.5 Å². The average molecular weight is 385 g/mol. The van der Waals surface area contributed by atoms with Gasteiger partial charge < -0.3 is 4.74 Å². The van der Waals surface area contributed by atoms with E-state index in [1.165, 1.54) is 11.3 Å². The van der Waals surface area contributed by atoms with Gasteiger partial charge in [0, 0.05) is 0 Å². The summed E-state index contributed by atoms with van der Waals surface area (Å²) in [4.78, 5) is 27.8. The van der Waals surface area contributed by atoms with Crippen LogP contribution in [0.1, 0.15) is 17.5 Å². The zero-order valence-corrected chi connectivity index (χ0v) is 16.5. The maximum atomic E-state index is 13.2. The van der Waals surface area contributed by atoms with Crippen molar-refractivity contribution in [1.29, 1.82) is 0 Å². The smallest absolute Gasteiger partial charge is 0.238 e. The molecule has 0 aromatic heterocycles. The Morgan fingerprint density at radius 2 is 1.34 bits per heavy atom. The minimum Gasteiger partial charge on any atom is -0.457 e. The minimum atomic E-state index is -0.160. The summed E-state index contributed by atoms with van der Waals surface area (Å²) in [5, 5.41) is 0. The first kappa shape index (κ1) is 17.0. The second-order valence-electron chi connectivity index (χ2n) is 9.09. The molecule has 0 unspecified atom stereocenters. The molecule has 1 saturated heterocycles. The van der Waals surface area contributed by atoms with Gasteiger partial charge in [-0.3, -0.25) is 14.5 Å². The second-order valence-corrected chi connectivity index (χ2v) is 9.09. The summed E-state index contributed by atoms with van der Waals surface area (Å²) in [5.74, 6) is 2.87. The van der Waals surface area contributed by atoms with E-state index in [1.807, 2.05) is 50.2 Å². The number of aryl methyl sites for hydroxylation is 2. The van der Waals surface area contributed by atoms with Crippen molar-refractivity contribution >= 4 is 17.5 Å². The third-order valence-corrected chi connectivity index (χ3v) is 7.19. The fourth-order valence-electron chi connectivity index (χ4n) is 6.00. The molecule has 0 radical (unpaired) electrons. The normalized spacial score (nSPS) is 33.7. The molecule has 2 aromatic rings. The lowest BCUT2D eigenvalue weighted by Crippen LogP contribution is -2.40. The number of imide groups is 1. The predicted octanol–water partition coefficient (Wildman–Crippen LogP) is 4.65. The number of hydrogen-bond donors (Lipinski definition) is 0. The lowest BCUT2D eigenvalue weighted by Gasteiger charge is -2.37. The van der Waals surface area contributed by atoms with Crippen LogP contribution in [0.15, 0.2) is 54.6 Å². The maximum absolute atomic E-state index is 13.2. The molecule has 146 valence electrons. The Morgan fingerprint density at radius 1 is 0.793 bits per heavy atom. The highest BCUT2D eigenvalue weighted by molar-refractivity contribution is 6.22. The largest absolute Gasteiger partial charge is 0.457 e. The molecule has 7 rings (SSSR count). The van der Waals surface area contributed by atoms with Crippen LogP contribution in [0.2, 0.25) is 0 Å². The van der Waals surface area contributed by atoms with Crippen LogP contribution >= 0.6 is 0 Å². The number of benzene rings is 2. The van der Waals surface area contributed by atoms with Crippen LogP contribution in [-0.2, 0) is 9.59 Å². The van der Waals surface area contributed by atoms with Gasteiger partial charge in [-0.15, -0.1) is 0 Å². The van der Waals surface area contributed by atoms with Crippen molar-refractivity contribution in [1.82, 2.24) is 0 Å². The number of hydrogen-bond acceptors (Lipinski definition) is 3. The van der Waals surface area contributed by atoms with E-state index in [-0.39, 0.29) is 35.5 Å². The molecule has 1 heterocycles. The Balaban J connectivity index is 1.26. The van der Waals surface area contributed by atoms with Crippen LogP contribution in [0.4, 0.5) is 5.69 Å². The number of rotatable bonds is 3. The minimum absolute atomic E-state index is 0.0207. The van der Waals surface area contributed by atoms with Crippen LogP contribution in [0.25, 0.3) is 0 Å². The van der Waals surface area contributed by atoms with Gasteiger partial charge in [0.1, 0.15) is 11.5 Å². The number of anilines is 1. The molecule has 1 aliphatic heterocycles. The zero-order chi connectivity index (χ0) is 19.9. The molecule has 3 fully saturated rings. The van der Waals surface area contributed by atoms with Crippen molar-refractivity contribution in [2.75, 3.05) is 4.90 Å². The van der Waals surface area contributed by atoms with Gasteiger partial charge in [0.05, 0.1) is 17.5 Å². The zero-order valence-electron chi connectivity index (χ0n) is 16.5. The molecule has 4 heteroatoms. The third-order valence-electron chi connectivity index (χ3n) is 7.19. The number of ether oxygens (including phenoxy) is 1. The molecule has 2 bridgehead atoms. The van der Waals surface area contributed by atoms with Crippen molar-refractivity contribution in [3.63, 3.8) is 0 Å². The standard InChI is InChI=1S/C25H23NO3/c1-13-9-14(2)11-17(10-13)29-16-5-3-15(4-6-16)26-24(27)22-18-7-8-19(21-12-20(18)21)23(22)25(26)28/h3-11,18-23H,12H2,1-2H3/t18-,19-,20-,21-,22+,23+/m0/s1. The van der Waals surface area contributed by atoms with E-state index in [1.54, 1.807) is 0 Å². The Labute approximate surface area is 170 Å². The number of carbonyl (C=O) groups excluding carboxylic acids is 2. The number of allylic oxidation sites excluding steroid dienone is 2. The van der Waals surface area contributed by atoms with Crippen molar-refractivity contribution in [2.45, 2.75) is 20.3 Å². The van der Waals surface area contributed by atoms with Gasteiger partial charge in [0.25, 0.3) is 0 Å². The summed E-state index contributed by atoms with van der Waals surface area (Å²) in [7, 11) is 0. The second kappa shape index (κ2) is 5.82. The topological polar surface area (TPSA) is 46.6 Å². The van der Waals surface area contributed by atoms with E-state index in [4.69, 9.17) is 4.74 Å². The van der Waals surface area contributed by atoms with Gasteiger partial charge >= 0.3 is 0 Å². The van der Waals surface area contributed by atoms with Gasteiger partial charge in [-0.25, -0.2) is 0 Å². The van der Waals surface area contributed by atoms with Crippen LogP contribution in [0.3, 0.4) is 0 Å². The van der Waals surface area contributed by atoms with E-state index in [9.17, 15) is 9.59 Å². The Kier molecular flexibility index (Phi) is 3.41. The van der Waals surface area contributed by atoms with E-state index >= 15 is 0 Å². The fraction of sp³-hybridized carbons (Fsp3) is 0.360. The predicted molar refractivity (Wildman–Crippen MR) is 110 cm³/mol. The van der Waals surface area contributed by atoms with Gasteiger partial charge in [-0.2, -0.15) is 0 Å². The van der Waals surface area contributed by atoms with E-state index < -0.39 is 0 Å². The molecule has 2 saturated carbocycles. The molecule has 29 heavy (non-hydrogen) atoms. The molecular formula is C25H23NO3. The molecule has 0 spiro atoms. The summed E-state index contributed by atoms with van der Waals surface area (Å²) < 4.78 is 5.97. The maximum Gasteiger partial charge on any atom is 0.238 e. The molecule has 2 amide bonds. The van der Waals surface area contributed by atoms with Crippen molar-refractivity contribution < 1.29 is 14.3 Å². The molecule has 0 N–H and O–H groups in total. The number of nitrogens with zero attached hydrogens (tertiary/aromatic N) is 1. The Hall–Kier alpha value is -2.88. The lowest BCUT2D eigenvalue weighted by molar-refractivity contribution is -0.124. The SMILES string of the molecule is Cc1cc(C)cc(Oc2ccc(N3C(=O)[C@@H]4[C@H]5C=C[C@@H]([C@@H]6C[C@@H]56)[C@H]4C3=O)cc2)c1. The number of amides is 2. The number of carbonyl (C=O) groups is 2. The Bertz CT molecular complexity index is 1010. The molecular weight excluding hydrogens is 362 g/mol. The summed E-state index contributed by atoms with van der Waals surface area (Å²) in [5.41, 5.74) is 2.94. The van der Waals surface area contributed by atoms with E-state index in [0.717, 1.165) is 16.9 Å². The van der Waals surface area contributed by atoms with E-state index in [0.29, 0.717) is 23.3 Å². The third kappa shape index (κ3) is 2.44.